The Kier molecular flexibility index (Phi) is 8.39. The van der Waals surface area contributed by atoms with E-state index >= 15 is 0 Å². The van der Waals surface area contributed by atoms with Crippen molar-refractivity contribution in [3.8, 4) is 18.1 Å². The molecule has 1 aromatic rings. The van der Waals surface area contributed by atoms with Crippen molar-refractivity contribution in [1.29, 1.82) is 0 Å². The average Bonchev–Trinajstić information content (AvgIpc) is 2.50. The number of ether oxygens (including phenoxy) is 1. The summed E-state index contributed by atoms with van der Waals surface area (Å²) in [6.07, 6.45) is 5.83. The summed E-state index contributed by atoms with van der Waals surface area (Å²) in [5.74, 6) is 2.54. The molecule has 1 radical (unpaired) electrons. The van der Waals surface area contributed by atoms with E-state index in [0.717, 1.165) is 4.90 Å². The smallest absolute Gasteiger partial charge is 0.256 e. The van der Waals surface area contributed by atoms with Gasteiger partial charge in [0.15, 0.2) is 0 Å². The largest absolute Gasteiger partial charge is 0.481 e. The molecule has 1 atom stereocenters. The molecule has 119 valence electrons. The number of nitrogens with zero attached hydrogens (tertiary/aromatic N) is 1. The maximum Gasteiger partial charge on any atom is 0.256 e. The third-order valence-corrected chi connectivity index (χ3v) is 3.74. The molecule has 1 unspecified atom stereocenters. The minimum atomic E-state index is -2.61. The van der Waals surface area contributed by atoms with Crippen LogP contribution in [0, 0.1) is 18.4 Å². The van der Waals surface area contributed by atoms with Gasteiger partial charge in [-0.1, -0.05) is 28.3 Å². The first kappa shape index (κ1) is 20.3. The molecule has 1 aliphatic heterocycles. The number of benzene rings is 1. The Morgan fingerprint density at radius 1 is 1.43 bits per heavy atom. The number of hydrogen-bond acceptors (Lipinski definition) is 2. The predicted molar refractivity (Wildman–Crippen MR) is 82.5 cm³/mol. The van der Waals surface area contributed by atoms with Gasteiger partial charge in [-0.2, -0.15) is 5.56 Å². The van der Waals surface area contributed by atoms with Crippen molar-refractivity contribution in [2.75, 3.05) is 13.2 Å². The number of allylic oxidation sites excluding steroid dienone is 1. The SMILES string of the molecule is C#CCOc1ccc(C2=[C-]CC(Br)C(=O)N2CC(F)F)cc1.[Y]. The summed E-state index contributed by atoms with van der Waals surface area (Å²) in [4.78, 5) is 12.6. The maximum absolute atomic E-state index is 12.7. The number of hydrogen-bond donors (Lipinski definition) is 0. The van der Waals surface area contributed by atoms with Gasteiger partial charge >= 0.3 is 0 Å². The third-order valence-electron chi connectivity index (χ3n) is 3.02. The number of terminal acetylenes is 1. The molecule has 0 spiro atoms. The van der Waals surface area contributed by atoms with Crippen molar-refractivity contribution in [1.82, 2.24) is 4.90 Å². The first-order valence-corrected chi connectivity index (χ1v) is 7.45. The quantitative estimate of drug-likeness (QED) is 0.386. The first-order chi connectivity index (χ1) is 10.5. The van der Waals surface area contributed by atoms with Crippen LogP contribution in [0.25, 0.3) is 5.70 Å². The Morgan fingerprint density at radius 2 is 2.09 bits per heavy atom. The summed E-state index contributed by atoms with van der Waals surface area (Å²) >= 11 is 3.17. The molecule has 0 bridgehead atoms. The molecule has 0 N–H and O–H groups in total. The van der Waals surface area contributed by atoms with Gasteiger partial charge in [0, 0.05) is 32.7 Å². The molecule has 1 aliphatic rings. The van der Waals surface area contributed by atoms with Gasteiger partial charge in [-0.15, -0.1) is 24.3 Å². The number of alkyl halides is 3. The molecule has 7 heteroatoms. The fourth-order valence-electron chi connectivity index (χ4n) is 2.06. The Labute approximate surface area is 167 Å². The summed E-state index contributed by atoms with van der Waals surface area (Å²) < 4.78 is 30.7. The monoisotopic (exact) mass is 457 g/mol. The van der Waals surface area contributed by atoms with Crippen LogP contribution < -0.4 is 4.74 Å². The van der Waals surface area contributed by atoms with E-state index in [0.29, 0.717) is 23.4 Å². The maximum atomic E-state index is 12.7. The van der Waals surface area contributed by atoms with Gasteiger partial charge in [0.25, 0.3) is 6.43 Å². The van der Waals surface area contributed by atoms with Crippen LogP contribution in [0.5, 0.6) is 5.75 Å². The van der Waals surface area contributed by atoms with E-state index in [-0.39, 0.29) is 45.2 Å². The van der Waals surface area contributed by atoms with Crippen LogP contribution in [-0.2, 0) is 37.5 Å². The zero-order valence-electron chi connectivity index (χ0n) is 12.1. The van der Waals surface area contributed by atoms with E-state index in [1.54, 1.807) is 24.3 Å². The molecule has 2 rings (SSSR count). The molecule has 23 heavy (non-hydrogen) atoms. The second-order valence-corrected chi connectivity index (χ2v) is 5.66. The summed E-state index contributed by atoms with van der Waals surface area (Å²) in [6.45, 7) is -0.506. The van der Waals surface area contributed by atoms with Gasteiger partial charge in [-0.25, -0.2) is 14.9 Å². The van der Waals surface area contributed by atoms with Crippen molar-refractivity contribution >= 4 is 27.5 Å². The van der Waals surface area contributed by atoms with Gasteiger partial charge < -0.3 is 9.64 Å². The molecule has 3 nitrogen and oxygen atoms in total. The molecule has 1 amide bonds. The Balaban J connectivity index is 0.00000264. The molecular weight excluding hydrogens is 445 g/mol. The molecule has 0 saturated carbocycles. The van der Waals surface area contributed by atoms with Crippen LogP contribution in [-0.4, -0.2) is 35.2 Å². The van der Waals surface area contributed by atoms with E-state index < -0.39 is 17.8 Å². The molecule has 0 aromatic heterocycles. The van der Waals surface area contributed by atoms with E-state index in [1.165, 1.54) is 0 Å². The van der Waals surface area contributed by atoms with Crippen LogP contribution >= 0.6 is 15.9 Å². The summed E-state index contributed by atoms with van der Waals surface area (Å²) in [7, 11) is 0. The zero-order chi connectivity index (χ0) is 16.1. The standard InChI is InChI=1S/C16H13BrF2NO2.Y/c1-2-9-22-12-5-3-11(4-6-12)14-8-7-13(17)16(21)20(14)10-15(18)19;/h1,3-6,13,15H,7,9-10H2;/q-1;. The fourth-order valence-corrected chi connectivity index (χ4v) is 2.47. The van der Waals surface area contributed by atoms with Crippen molar-refractivity contribution in [2.24, 2.45) is 0 Å². The summed E-state index contributed by atoms with van der Waals surface area (Å²) in [6, 6.07) is 6.72. The normalized spacial score (nSPS) is 17.3. The van der Waals surface area contributed by atoms with E-state index in [2.05, 4.69) is 27.9 Å². The molecule has 0 saturated heterocycles. The van der Waals surface area contributed by atoms with E-state index in [4.69, 9.17) is 11.2 Å². The second kappa shape index (κ2) is 9.51. The van der Waals surface area contributed by atoms with E-state index in [9.17, 15) is 13.6 Å². The third kappa shape index (κ3) is 5.37. The summed E-state index contributed by atoms with van der Waals surface area (Å²) in [5, 5.41) is 0. The minimum Gasteiger partial charge on any atom is -0.481 e. The van der Waals surface area contributed by atoms with Gasteiger partial charge in [0.05, 0.1) is 11.4 Å². The van der Waals surface area contributed by atoms with Gasteiger partial charge in [-0.3, -0.25) is 4.79 Å². The summed E-state index contributed by atoms with van der Waals surface area (Å²) in [5.41, 5.74) is 0.992. The van der Waals surface area contributed by atoms with Crippen LogP contribution in [0.3, 0.4) is 0 Å². The van der Waals surface area contributed by atoms with Crippen molar-refractivity contribution in [2.45, 2.75) is 17.7 Å². The van der Waals surface area contributed by atoms with Crippen LogP contribution in [0.4, 0.5) is 8.78 Å². The molecule has 0 fully saturated rings. The number of amides is 1. The minimum absolute atomic E-state index is 0. The van der Waals surface area contributed by atoms with Crippen molar-refractivity contribution in [3.63, 3.8) is 0 Å². The first-order valence-electron chi connectivity index (χ1n) is 6.54. The molecular formula is C16H13BrF2NO2Y-. The Morgan fingerprint density at radius 3 is 2.65 bits per heavy atom. The molecule has 1 aromatic carbocycles. The predicted octanol–water partition coefficient (Wildman–Crippen LogP) is 3.10. The second-order valence-electron chi connectivity index (χ2n) is 4.55. The van der Waals surface area contributed by atoms with Crippen molar-refractivity contribution < 1.29 is 51.0 Å². The molecule has 0 aliphatic carbocycles. The van der Waals surface area contributed by atoms with Gasteiger partial charge in [-0.05, 0) is 12.1 Å². The van der Waals surface area contributed by atoms with Crippen LogP contribution in [0.2, 0.25) is 0 Å². The Bertz CT molecular complexity index is 614. The van der Waals surface area contributed by atoms with Gasteiger partial charge in [0.1, 0.15) is 12.4 Å². The Hall–Kier alpha value is -0.766. The van der Waals surface area contributed by atoms with Crippen molar-refractivity contribution in [3.05, 3.63) is 35.9 Å². The number of carbonyl (C=O) groups excluding carboxylic acids is 1. The van der Waals surface area contributed by atoms with Crippen LogP contribution in [0.15, 0.2) is 24.3 Å². The number of halogens is 3. The number of carbonyl (C=O) groups is 1. The van der Waals surface area contributed by atoms with Crippen LogP contribution in [0.1, 0.15) is 12.0 Å². The number of rotatable bonds is 5. The zero-order valence-corrected chi connectivity index (χ0v) is 16.6. The molecule has 1 heterocycles. The van der Waals surface area contributed by atoms with Gasteiger partial charge in [0.2, 0.25) is 5.91 Å². The average molecular weight is 458 g/mol. The topological polar surface area (TPSA) is 29.5 Å². The van der Waals surface area contributed by atoms with E-state index in [1.807, 2.05) is 0 Å². The fraction of sp³-hybridized carbons (Fsp3) is 0.312.